The van der Waals surface area contributed by atoms with Gasteiger partial charge in [0.25, 0.3) is 0 Å². The van der Waals surface area contributed by atoms with E-state index in [4.69, 9.17) is 0 Å². The zero-order valence-electron chi connectivity index (χ0n) is 16.0. The summed E-state index contributed by atoms with van der Waals surface area (Å²) in [6.45, 7) is 6.13. The maximum Gasteiger partial charge on any atom is 0.232 e. The Morgan fingerprint density at radius 3 is 2.82 bits per heavy atom. The van der Waals surface area contributed by atoms with Crippen LogP contribution in [0, 0.1) is 6.92 Å². The number of aromatic nitrogens is 2. The number of benzene rings is 1. The number of aromatic amines is 1. The molecule has 0 aliphatic carbocycles. The zero-order valence-corrected chi connectivity index (χ0v) is 16.8. The van der Waals surface area contributed by atoms with E-state index in [9.17, 15) is 8.42 Å². The van der Waals surface area contributed by atoms with Gasteiger partial charge < -0.3 is 4.90 Å². The molecule has 2 aliphatic rings. The van der Waals surface area contributed by atoms with Gasteiger partial charge in [-0.2, -0.15) is 10.1 Å². The zero-order chi connectivity index (χ0) is 19.9. The van der Waals surface area contributed by atoms with E-state index in [0.29, 0.717) is 11.4 Å². The first-order chi connectivity index (χ1) is 13.4. The molecule has 0 amide bonds. The van der Waals surface area contributed by atoms with Gasteiger partial charge in [0.05, 0.1) is 22.5 Å². The van der Waals surface area contributed by atoms with Gasteiger partial charge in [-0.15, -0.1) is 0 Å². The first kappa shape index (κ1) is 18.5. The smallest absolute Gasteiger partial charge is 0.232 e. The highest BCUT2D eigenvalue weighted by molar-refractivity contribution is 7.91. The Morgan fingerprint density at radius 2 is 2.11 bits per heavy atom. The lowest BCUT2D eigenvalue weighted by Crippen LogP contribution is -3.10. The number of aryl methyl sites for hydroxylation is 1. The molecule has 0 fully saturated rings. The van der Waals surface area contributed by atoms with Crippen molar-refractivity contribution in [3.8, 4) is 0 Å². The molecule has 3 N–H and O–H groups in total. The molecule has 0 radical (unpaired) electrons. The standard InChI is InChI=1S/C19H22N6O2S/c1-4-28(26,27)16-7-5-6-15(9-16)24-11-18-20-14(3)10-25(18)19(12-24)21-17-8-13(2)22-23-17/h5-10,12H,4,11H2,1-3H3,(H2,21,22,23)/p+1. The van der Waals surface area contributed by atoms with E-state index in [2.05, 4.69) is 20.5 Å². The second-order valence-electron chi connectivity index (χ2n) is 6.89. The molecule has 2 aromatic rings. The van der Waals surface area contributed by atoms with Crippen LogP contribution in [0.3, 0.4) is 0 Å². The van der Waals surface area contributed by atoms with Crippen molar-refractivity contribution in [1.82, 2.24) is 10.2 Å². The largest absolute Gasteiger partial charge is 0.329 e. The van der Waals surface area contributed by atoms with E-state index in [1.54, 1.807) is 25.1 Å². The molecule has 3 heterocycles. The minimum atomic E-state index is -3.27. The minimum absolute atomic E-state index is 0.0748. The Bertz CT molecular complexity index is 1110. The summed E-state index contributed by atoms with van der Waals surface area (Å²) in [4.78, 5) is 8.01. The molecule has 0 saturated carbocycles. The first-order valence-electron chi connectivity index (χ1n) is 9.09. The number of amidine groups is 1. The van der Waals surface area contributed by atoms with Crippen molar-refractivity contribution in [1.29, 1.82) is 0 Å². The van der Waals surface area contributed by atoms with Crippen LogP contribution in [0.5, 0.6) is 0 Å². The van der Waals surface area contributed by atoms with Crippen molar-refractivity contribution in [2.75, 3.05) is 22.5 Å². The fraction of sp³-hybridized carbons (Fsp3) is 0.263. The summed E-state index contributed by atoms with van der Waals surface area (Å²) in [6, 6.07) is 8.96. The van der Waals surface area contributed by atoms with E-state index in [1.807, 2.05) is 43.3 Å². The van der Waals surface area contributed by atoms with Gasteiger partial charge in [0.15, 0.2) is 15.7 Å². The number of aliphatic imine (C=N–C) groups is 1. The molecule has 0 spiro atoms. The highest BCUT2D eigenvalue weighted by Crippen LogP contribution is 2.23. The predicted molar refractivity (Wildman–Crippen MR) is 109 cm³/mol. The second kappa shape index (κ2) is 6.92. The van der Waals surface area contributed by atoms with Gasteiger partial charge in [-0.3, -0.25) is 10.4 Å². The molecule has 2 aliphatic heterocycles. The number of anilines is 2. The molecular weight excluding hydrogens is 376 g/mol. The van der Waals surface area contributed by atoms with Crippen molar-refractivity contribution in [3.63, 3.8) is 0 Å². The van der Waals surface area contributed by atoms with Gasteiger partial charge in [-0.1, -0.05) is 13.0 Å². The molecule has 0 saturated heterocycles. The average molecular weight is 400 g/mol. The van der Waals surface area contributed by atoms with Crippen LogP contribution in [-0.4, -0.2) is 36.7 Å². The highest BCUT2D eigenvalue weighted by atomic mass is 32.2. The Morgan fingerprint density at radius 1 is 1.29 bits per heavy atom. The number of nitrogens with zero attached hydrogens (tertiary/aromatic N) is 3. The van der Waals surface area contributed by atoms with Crippen LogP contribution >= 0.6 is 0 Å². The minimum Gasteiger partial charge on any atom is -0.329 e. The lowest BCUT2D eigenvalue weighted by molar-refractivity contribution is -0.698. The van der Waals surface area contributed by atoms with E-state index >= 15 is 0 Å². The van der Waals surface area contributed by atoms with Gasteiger partial charge in [0.1, 0.15) is 12.7 Å². The molecule has 1 aromatic carbocycles. The number of sulfone groups is 1. The van der Waals surface area contributed by atoms with E-state index in [1.165, 1.54) is 0 Å². The number of hydrogen-bond donors (Lipinski definition) is 3. The SMILES string of the molecule is CCS(=O)(=O)c1cccc(N2C=C(Nc3cc(C)[nH]n3)[NH+]3C=C(C)N=C3C2)c1. The molecule has 8 nitrogen and oxygen atoms in total. The van der Waals surface area contributed by atoms with E-state index < -0.39 is 9.84 Å². The molecular formula is C19H23N6O2S+. The Balaban J connectivity index is 1.72. The number of H-pyrrole nitrogens is 1. The second-order valence-corrected chi connectivity index (χ2v) is 9.17. The van der Waals surface area contributed by atoms with Crippen LogP contribution in [0.15, 0.2) is 64.1 Å². The van der Waals surface area contributed by atoms with Crippen LogP contribution in [0.1, 0.15) is 19.5 Å². The number of hydrogen-bond acceptors (Lipinski definition) is 6. The van der Waals surface area contributed by atoms with E-state index in [0.717, 1.165) is 39.5 Å². The third-order valence-corrected chi connectivity index (χ3v) is 6.46. The van der Waals surface area contributed by atoms with Gasteiger partial charge in [-0.05, 0) is 32.0 Å². The van der Waals surface area contributed by atoms with Crippen LogP contribution in [0.4, 0.5) is 11.5 Å². The van der Waals surface area contributed by atoms with Crippen LogP contribution < -0.4 is 15.1 Å². The van der Waals surface area contributed by atoms with Crippen molar-refractivity contribution < 1.29 is 13.3 Å². The van der Waals surface area contributed by atoms with Crippen molar-refractivity contribution >= 4 is 27.2 Å². The van der Waals surface area contributed by atoms with Crippen LogP contribution in [0.25, 0.3) is 0 Å². The summed E-state index contributed by atoms with van der Waals surface area (Å²) < 4.78 is 24.6. The molecule has 9 heteroatoms. The highest BCUT2D eigenvalue weighted by Gasteiger charge is 2.33. The quantitative estimate of drug-likeness (QED) is 0.707. The summed E-state index contributed by atoms with van der Waals surface area (Å²) >= 11 is 0. The predicted octanol–water partition coefficient (Wildman–Crippen LogP) is 1.40. The topological polar surface area (TPSA) is 94.9 Å². The summed E-state index contributed by atoms with van der Waals surface area (Å²) in [5.41, 5.74) is 2.71. The summed E-state index contributed by atoms with van der Waals surface area (Å²) in [7, 11) is -3.27. The molecule has 0 bridgehead atoms. The monoisotopic (exact) mass is 399 g/mol. The van der Waals surface area contributed by atoms with Gasteiger partial charge >= 0.3 is 0 Å². The molecule has 1 atom stereocenters. The molecule has 146 valence electrons. The third-order valence-electron chi connectivity index (χ3n) is 4.73. The number of quaternary nitrogens is 1. The summed E-state index contributed by atoms with van der Waals surface area (Å²) in [5, 5.41) is 10.5. The van der Waals surface area contributed by atoms with Crippen LogP contribution in [0.2, 0.25) is 0 Å². The van der Waals surface area contributed by atoms with Gasteiger partial charge in [-0.25, -0.2) is 13.3 Å². The normalized spacial score (nSPS) is 19.0. The maximum atomic E-state index is 12.3. The molecule has 28 heavy (non-hydrogen) atoms. The summed E-state index contributed by atoms with van der Waals surface area (Å²) in [6.07, 6.45) is 4.02. The molecule has 1 aromatic heterocycles. The lowest BCUT2D eigenvalue weighted by Gasteiger charge is -2.29. The molecule has 4 rings (SSSR count). The van der Waals surface area contributed by atoms with Gasteiger partial charge in [0, 0.05) is 17.4 Å². The Hall–Kier alpha value is -2.91. The number of fused-ring (bicyclic) bond motifs is 1. The fourth-order valence-corrected chi connectivity index (χ4v) is 4.21. The third kappa shape index (κ3) is 3.46. The van der Waals surface area contributed by atoms with Crippen molar-refractivity contribution in [2.45, 2.75) is 25.7 Å². The number of nitrogens with one attached hydrogen (secondary N) is 3. The Kier molecular flexibility index (Phi) is 4.56. The van der Waals surface area contributed by atoms with Gasteiger partial charge in [0.2, 0.25) is 11.7 Å². The first-order valence-corrected chi connectivity index (χ1v) is 10.7. The average Bonchev–Trinajstić information content (AvgIpc) is 3.26. The number of allylic oxidation sites excluding steroid dienone is 1. The maximum absolute atomic E-state index is 12.3. The van der Waals surface area contributed by atoms with E-state index in [-0.39, 0.29) is 5.75 Å². The molecule has 1 unspecified atom stereocenters. The number of rotatable bonds is 5. The fourth-order valence-electron chi connectivity index (χ4n) is 3.29. The summed E-state index contributed by atoms with van der Waals surface area (Å²) in [5.74, 6) is 2.61. The lowest BCUT2D eigenvalue weighted by atomic mass is 10.2. The van der Waals surface area contributed by atoms with Crippen molar-refractivity contribution in [2.24, 2.45) is 4.99 Å². The van der Waals surface area contributed by atoms with Crippen LogP contribution in [-0.2, 0) is 9.84 Å². The Labute approximate surface area is 164 Å². The van der Waals surface area contributed by atoms with Crippen molar-refractivity contribution in [3.05, 3.63) is 59.9 Å².